The van der Waals surface area contributed by atoms with Crippen LogP contribution in [-0.2, 0) is 19.5 Å². The van der Waals surface area contributed by atoms with Gasteiger partial charge in [0, 0.05) is 38.4 Å². The number of hydrogen-bond donors (Lipinski definition) is 0. The molecule has 1 amide bonds. The molecule has 7 nitrogen and oxygen atoms in total. The van der Waals surface area contributed by atoms with Crippen molar-refractivity contribution < 1.29 is 4.79 Å². The Morgan fingerprint density at radius 2 is 2.29 bits per heavy atom. The molecule has 3 rings (SSSR count). The van der Waals surface area contributed by atoms with Crippen LogP contribution >= 0.6 is 0 Å². The van der Waals surface area contributed by atoms with Crippen molar-refractivity contribution in [3.8, 4) is 0 Å². The molecule has 1 aliphatic heterocycles. The molecule has 0 N–H and O–H groups in total. The zero-order valence-electron chi connectivity index (χ0n) is 12.3. The van der Waals surface area contributed by atoms with Crippen LogP contribution in [-0.4, -0.2) is 48.4 Å². The summed E-state index contributed by atoms with van der Waals surface area (Å²) in [7, 11) is 0. The Bertz CT molecular complexity index is 603. The highest BCUT2D eigenvalue weighted by molar-refractivity contribution is 5.90. The Hall–Kier alpha value is -2.18. The maximum atomic E-state index is 12.6. The third kappa shape index (κ3) is 2.81. The van der Waals surface area contributed by atoms with E-state index in [1.54, 1.807) is 11.1 Å². The number of hydrogen-bond acceptors (Lipinski definition) is 4. The predicted molar refractivity (Wildman–Crippen MR) is 76.8 cm³/mol. The van der Waals surface area contributed by atoms with Crippen LogP contribution in [0.25, 0.3) is 0 Å². The van der Waals surface area contributed by atoms with Crippen molar-refractivity contribution >= 4 is 5.91 Å². The Balaban J connectivity index is 1.71. The van der Waals surface area contributed by atoms with Crippen molar-refractivity contribution in [2.75, 3.05) is 13.1 Å². The fraction of sp³-hybridized carbons (Fsp3) is 0.571. The topological polar surface area (TPSA) is 68.8 Å². The Labute approximate surface area is 123 Å². The van der Waals surface area contributed by atoms with Gasteiger partial charge in [0.25, 0.3) is 5.91 Å². The molecular weight excluding hydrogens is 268 g/mol. The first-order chi connectivity index (χ1) is 10.3. The minimum absolute atomic E-state index is 0.0368. The number of carbonyl (C=O) groups excluding carboxylic acids is 1. The summed E-state index contributed by atoms with van der Waals surface area (Å²) >= 11 is 0. The maximum Gasteiger partial charge on any atom is 0.291 e. The predicted octanol–water partition coefficient (Wildman–Crippen LogP) is 0.973. The largest absolute Gasteiger partial charge is 0.334 e. The van der Waals surface area contributed by atoms with Crippen molar-refractivity contribution in [3.05, 3.63) is 30.1 Å². The van der Waals surface area contributed by atoms with Crippen molar-refractivity contribution in [1.29, 1.82) is 0 Å². The molecular formula is C14H20N6O. The quantitative estimate of drug-likeness (QED) is 0.822. The van der Waals surface area contributed by atoms with Gasteiger partial charge in [-0.05, 0) is 25.8 Å². The molecule has 3 heterocycles. The molecule has 0 aliphatic carbocycles. The average Bonchev–Trinajstić information content (AvgIpc) is 3.17. The lowest BCUT2D eigenvalue weighted by Gasteiger charge is -2.21. The van der Waals surface area contributed by atoms with Crippen molar-refractivity contribution in [2.45, 2.75) is 39.3 Å². The second kappa shape index (κ2) is 6.07. The van der Waals surface area contributed by atoms with Crippen LogP contribution in [0.3, 0.4) is 0 Å². The van der Waals surface area contributed by atoms with Crippen LogP contribution in [0.5, 0.6) is 0 Å². The standard InChI is InChI=1S/C14H20N6O/c1-2-18(10-11-19-8-5-7-15-19)14(21)13-17-16-12-6-3-4-9-20(12)13/h5,7-8H,2-4,6,9-11H2,1H3. The van der Waals surface area contributed by atoms with Gasteiger partial charge in [0.2, 0.25) is 5.82 Å². The molecule has 0 atom stereocenters. The van der Waals surface area contributed by atoms with Gasteiger partial charge in [0.05, 0.1) is 6.54 Å². The third-order valence-electron chi connectivity index (χ3n) is 3.88. The van der Waals surface area contributed by atoms with Crippen molar-refractivity contribution in [1.82, 2.24) is 29.4 Å². The van der Waals surface area contributed by atoms with Crippen LogP contribution in [0.2, 0.25) is 0 Å². The summed E-state index contributed by atoms with van der Waals surface area (Å²) in [6.07, 6.45) is 6.78. The number of aromatic nitrogens is 5. The zero-order valence-corrected chi connectivity index (χ0v) is 12.3. The zero-order chi connectivity index (χ0) is 14.7. The molecule has 0 unspecified atom stereocenters. The molecule has 0 aromatic carbocycles. The number of carbonyl (C=O) groups is 1. The Morgan fingerprint density at radius 1 is 1.38 bits per heavy atom. The molecule has 0 spiro atoms. The monoisotopic (exact) mass is 288 g/mol. The molecule has 21 heavy (non-hydrogen) atoms. The highest BCUT2D eigenvalue weighted by Crippen LogP contribution is 2.15. The minimum Gasteiger partial charge on any atom is -0.334 e. The van der Waals surface area contributed by atoms with E-state index in [9.17, 15) is 4.79 Å². The summed E-state index contributed by atoms with van der Waals surface area (Å²) in [5.41, 5.74) is 0. The van der Waals surface area contributed by atoms with Crippen molar-refractivity contribution in [3.63, 3.8) is 0 Å². The summed E-state index contributed by atoms with van der Waals surface area (Å²) in [6, 6.07) is 1.88. The van der Waals surface area contributed by atoms with E-state index in [1.807, 2.05) is 28.4 Å². The lowest BCUT2D eigenvalue weighted by atomic mass is 10.1. The molecule has 0 saturated heterocycles. The number of amides is 1. The fourth-order valence-electron chi connectivity index (χ4n) is 2.67. The molecule has 0 fully saturated rings. The minimum atomic E-state index is -0.0368. The summed E-state index contributed by atoms with van der Waals surface area (Å²) in [6.45, 7) is 4.80. The Morgan fingerprint density at radius 3 is 3.05 bits per heavy atom. The molecule has 0 radical (unpaired) electrons. The van der Waals surface area contributed by atoms with E-state index in [0.717, 1.165) is 31.6 Å². The van der Waals surface area contributed by atoms with Gasteiger partial charge in [0.1, 0.15) is 5.82 Å². The normalized spacial score (nSPS) is 14.0. The molecule has 2 aromatic rings. The second-order valence-electron chi connectivity index (χ2n) is 5.20. The van der Waals surface area contributed by atoms with Gasteiger partial charge in [0.15, 0.2) is 0 Å². The van der Waals surface area contributed by atoms with E-state index >= 15 is 0 Å². The van der Waals surface area contributed by atoms with E-state index in [0.29, 0.717) is 25.5 Å². The average molecular weight is 288 g/mol. The summed E-state index contributed by atoms with van der Waals surface area (Å²) < 4.78 is 3.80. The van der Waals surface area contributed by atoms with Gasteiger partial charge in [-0.25, -0.2) is 0 Å². The smallest absolute Gasteiger partial charge is 0.291 e. The number of aryl methyl sites for hydroxylation is 1. The van der Waals surface area contributed by atoms with Crippen LogP contribution in [0.15, 0.2) is 18.5 Å². The third-order valence-corrected chi connectivity index (χ3v) is 3.88. The van der Waals surface area contributed by atoms with Gasteiger partial charge in [-0.2, -0.15) is 5.10 Å². The second-order valence-corrected chi connectivity index (χ2v) is 5.20. The molecule has 2 aromatic heterocycles. The number of likely N-dealkylation sites (N-methyl/N-ethyl adjacent to an activating group) is 1. The van der Waals surface area contributed by atoms with E-state index in [-0.39, 0.29) is 5.91 Å². The molecule has 0 bridgehead atoms. The number of nitrogens with zero attached hydrogens (tertiary/aromatic N) is 6. The molecule has 1 aliphatic rings. The van der Waals surface area contributed by atoms with Gasteiger partial charge < -0.3 is 9.47 Å². The lowest BCUT2D eigenvalue weighted by molar-refractivity contribution is 0.0738. The molecule has 0 saturated carbocycles. The van der Waals surface area contributed by atoms with E-state index < -0.39 is 0 Å². The van der Waals surface area contributed by atoms with Crippen LogP contribution in [0, 0.1) is 0 Å². The lowest BCUT2D eigenvalue weighted by Crippen LogP contribution is -2.36. The fourth-order valence-corrected chi connectivity index (χ4v) is 2.67. The Kier molecular flexibility index (Phi) is 3.98. The van der Waals surface area contributed by atoms with Gasteiger partial charge in [-0.3, -0.25) is 9.48 Å². The first-order valence-corrected chi connectivity index (χ1v) is 7.48. The van der Waals surface area contributed by atoms with Gasteiger partial charge in [-0.15, -0.1) is 10.2 Å². The van der Waals surface area contributed by atoms with E-state index in [1.165, 1.54) is 0 Å². The van der Waals surface area contributed by atoms with Gasteiger partial charge in [-0.1, -0.05) is 0 Å². The van der Waals surface area contributed by atoms with Crippen LogP contribution in [0.1, 0.15) is 36.2 Å². The van der Waals surface area contributed by atoms with Crippen LogP contribution < -0.4 is 0 Å². The highest BCUT2D eigenvalue weighted by atomic mass is 16.2. The van der Waals surface area contributed by atoms with E-state index in [4.69, 9.17) is 0 Å². The highest BCUT2D eigenvalue weighted by Gasteiger charge is 2.24. The van der Waals surface area contributed by atoms with E-state index in [2.05, 4.69) is 15.3 Å². The first-order valence-electron chi connectivity index (χ1n) is 7.48. The SMILES string of the molecule is CCN(CCn1cccn1)C(=O)c1nnc2n1CCCC2. The summed E-state index contributed by atoms with van der Waals surface area (Å²) in [4.78, 5) is 14.4. The maximum absolute atomic E-state index is 12.6. The van der Waals surface area contributed by atoms with Crippen molar-refractivity contribution in [2.24, 2.45) is 0 Å². The van der Waals surface area contributed by atoms with Crippen LogP contribution in [0.4, 0.5) is 0 Å². The summed E-state index contributed by atoms with van der Waals surface area (Å²) in [5, 5.41) is 12.4. The number of rotatable bonds is 5. The molecule has 7 heteroatoms. The number of fused-ring (bicyclic) bond motifs is 1. The first kappa shape index (κ1) is 13.8. The van der Waals surface area contributed by atoms with Gasteiger partial charge >= 0.3 is 0 Å². The molecule has 112 valence electrons. The summed E-state index contributed by atoms with van der Waals surface area (Å²) in [5.74, 6) is 1.38.